The van der Waals surface area contributed by atoms with Crippen LogP contribution < -0.4 is 15.8 Å². The Balaban J connectivity index is 2.55. The fraction of sp³-hybridized carbons (Fsp3) is 0.500. The Morgan fingerprint density at radius 2 is 2.11 bits per heavy atom. The van der Waals surface area contributed by atoms with Gasteiger partial charge in [-0.3, -0.25) is 4.79 Å². The highest BCUT2D eigenvalue weighted by atomic mass is 16.5. The molecule has 0 aliphatic rings. The van der Waals surface area contributed by atoms with E-state index in [-0.39, 0.29) is 5.91 Å². The van der Waals surface area contributed by atoms with Crippen LogP contribution in [0, 0.1) is 0 Å². The van der Waals surface area contributed by atoms with Crippen molar-refractivity contribution in [1.29, 1.82) is 0 Å². The summed E-state index contributed by atoms with van der Waals surface area (Å²) in [7, 11) is 0. The van der Waals surface area contributed by atoms with E-state index in [1.54, 1.807) is 0 Å². The second-order valence-corrected chi connectivity index (χ2v) is 4.15. The predicted molar refractivity (Wildman–Crippen MR) is 72.3 cm³/mol. The molecule has 100 valence electrons. The number of rotatable bonds is 7. The Hall–Kier alpha value is -1.55. The number of hydrogen-bond acceptors (Lipinski definition) is 3. The van der Waals surface area contributed by atoms with Crippen LogP contribution in [0.4, 0.5) is 0 Å². The minimum absolute atomic E-state index is 0.108. The van der Waals surface area contributed by atoms with Crippen LogP contribution in [0.3, 0.4) is 0 Å². The monoisotopic (exact) mass is 250 g/mol. The standard InChI is InChI=1S/C14H22N2O2/c1-3-7-12(15)14(17)16-10-11-8-5-6-9-13(11)18-4-2/h5-6,8-9,12H,3-4,7,10,15H2,1-2H3,(H,16,17). The van der Waals surface area contributed by atoms with Gasteiger partial charge in [0.25, 0.3) is 0 Å². The fourth-order valence-electron chi connectivity index (χ4n) is 1.70. The summed E-state index contributed by atoms with van der Waals surface area (Å²) in [5.74, 6) is 0.701. The minimum atomic E-state index is -0.422. The third kappa shape index (κ3) is 4.37. The van der Waals surface area contributed by atoms with E-state index in [4.69, 9.17) is 10.5 Å². The maximum absolute atomic E-state index is 11.7. The van der Waals surface area contributed by atoms with Crippen molar-refractivity contribution in [3.63, 3.8) is 0 Å². The van der Waals surface area contributed by atoms with E-state index in [9.17, 15) is 4.79 Å². The van der Waals surface area contributed by atoms with Gasteiger partial charge in [-0.1, -0.05) is 31.5 Å². The van der Waals surface area contributed by atoms with E-state index in [1.807, 2.05) is 38.1 Å². The Bertz CT molecular complexity index is 380. The Morgan fingerprint density at radius 1 is 1.39 bits per heavy atom. The summed E-state index contributed by atoms with van der Waals surface area (Å²) in [5, 5.41) is 2.84. The van der Waals surface area contributed by atoms with Crippen molar-refractivity contribution in [2.24, 2.45) is 5.73 Å². The topological polar surface area (TPSA) is 64.4 Å². The number of carbonyl (C=O) groups excluding carboxylic acids is 1. The molecule has 0 fully saturated rings. The van der Waals surface area contributed by atoms with Crippen LogP contribution in [-0.2, 0) is 11.3 Å². The summed E-state index contributed by atoms with van der Waals surface area (Å²) in [6, 6.07) is 7.26. The van der Waals surface area contributed by atoms with Crippen LogP contribution in [-0.4, -0.2) is 18.6 Å². The number of nitrogens with two attached hydrogens (primary N) is 1. The average molecular weight is 250 g/mol. The summed E-state index contributed by atoms with van der Waals surface area (Å²) < 4.78 is 5.49. The first-order valence-corrected chi connectivity index (χ1v) is 6.43. The molecule has 0 bridgehead atoms. The molecule has 0 aromatic heterocycles. The van der Waals surface area contributed by atoms with Gasteiger partial charge in [0.1, 0.15) is 5.75 Å². The van der Waals surface area contributed by atoms with Crippen LogP contribution in [0.2, 0.25) is 0 Å². The van der Waals surface area contributed by atoms with Gasteiger partial charge in [-0.2, -0.15) is 0 Å². The zero-order chi connectivity index (χ0) is 13.4. The first-order chi connectivity index (χ1) is 8.69. The zero-order valence-electron chi connectivity index (χ0n) is 11.1. The van der Waals surface area contributed by atoms with Gasteiger partial charge in [-0.05, 0) is 19.4 Å². The van der Waals surface area contributed by atoms with Gasteiger partial charge in [-0.25, -0.2) is 0 Å². The van der Waals surface area contributed by atoms with Crippen molar-refractivity contribution < 1.29 is 9.53 Å². The van der Waals surface area contributed by atoms with Gasteiger partial charge in [0, 0.05) is 12.1 Å². The van der Waals surface area contributed by atoms with Crippen LogP contribution in [0.25, 0.3) is 0 Å². The molecule has 0 aliphatic carbocycles. The number of ether oxygens (including phenoxy) is 1. The first kappa shape index (κ1) is 14.5. The summed E-state index contributed by atoms with van der Waals surface area (Å²) in [6.45, 7) is 5.01. The molecule has 0 radical (unpaired) electrons. The Labute approximate surface area is 109 Å². The number of benzene rings is 1. The molecule has 1 aromatic rings. The Kier molecular flexibility index (Phi) is 6.22. The summed E-state index contributed by atoms with van der Waals surface area (Å²) in [6.07, 6.45) is 1.61. The molecule has 1 unspecified atom stereocenters. The van der Waals surface area contributed by atoms with Gasteiger partial charge in [0.2, 0.25) is 5.91 Å². The number of para-hydroxylation sites is 1. The zero-order valence-corrected chi connectivity index (χ0v) is 11.1. The van der Waals surface area contributed by atoms with E-state index in [0.717, 1.165) is 17.7 Å². The van der Waals surface area contributed by atoms with Crippen LogP contribution in [0.5, 0.6) is 5.75 Å². The molecule has 1 amide bonds. The number of nitrogens with one attached hydrogen (secondary N) is 1. The van der Waals surface area contributed by atoms with E-state index in [1.165, 1.54) is 0 Å². The molecule has 1 rings (SSSR count). The summed E-state index contributed by atoms with van der Waals surface area (Å²) in [5.41, 5.74) is 6.71. The lowest BCUT2D eigenvalue weighted by Crippen LogP contribution is -2.40. The van der Waals surface area contributed by atoms with Gasteiger partial charge in [0.15, 0.2) is 0 Å². The smallest absolute Gasteiger partial charge is 0.237 e. The second-order valence-electron chi connectivity index (χ2n) is 4.15. The van der Waals surface area contributed by atoms with Crippen molar-refractivity contribution in [3.05, 3.63) is 29.8 Å². The van der Waals surface area contributed by atoms with E-state index >= 15 is 0 Å². The summed E-state index contributed by atoms with van der Waals surface area (Å²) in [4.78, 5) is 11.7. The molecule has 4 heteroatoms. The third-order valence-corrected chi connectivity index (χ3v) is 2.66. The number of amides is 1. The SMILES string of the molecule is CCCC(N)C(=O)NCc1ccccc1OCC. The van der Waals surface area contributed by atoms with E-state index in [2.05, 4.69) is 5.32 Å². The highest BCUT2D eigenvalue weighted by Crippen LogP contribution is 2.17. The molecule has 4 nitrogen and oxygen atoms in total. The number of carbonyl (C=O) groups is 1. The van der Waals surface area contributed by atoms with Gasteiger partial charge >= 0.3 is 0 Å². The van der Waals surface area contributed by atoms with E-state index in [0.29, 0.717) is 19.6 Å². The quantitative estimate of drug-likeness (QED) is 0.776. The molecular formula is C14H22N2O2. The lowest BCUT2D eigenvalue weighted by molar-refractivity contribution is -0.122. The van der Waals surface area contributed by atoms with Crippen molar-refractivity contribution in [2.45, 2.75) is 39.3 Å². The predicted octanol–water partition coefficient (Wildman–Crippen LogP) is 1.83. The highest BCUT2D eigenvalue weighted by molar-refractivity contribution is 5.81. The summed E-state index contributed by atoms with van der Waals surface area (Å²) >= 11 is 0. The number of hydrogen-bond donors (Lipinski definition) is 2. The lowest BCUT2D eigenvalue weighted by atomic mass is 10.1. The fourth-order valence-corrected chi connectivity index (χ4v) is 1.70. The Morgan fingerprint density at radius 3 is 2.78 bits per heavy atom. The van der Waals surface area contributed by atoms with Crippen molar-refractivity contribution in [1.82, 2.24) is 5.32 Å². The normalized spacial score (nSPS) is 11.9. The van der Waals surface area contributed by atoms with Gasteiger partial charge < -0.3 is 15.8 Å². The second kappa shape index (κ2) is 7.71. The third-order valence-electron chi connectivity index (χ3n) is 2.66. The first-order valence-electron chi connectivity index (χ1n) is 6.43. The van der Waals surface area contributed by atoms with Gasteiger partial charge in [0.05, 0.1) is 12.6 Å². The maximum atomic E-state index is 11.7. The molecule has 0 spiro atoms. The lowest BCUT2D eigenvalue weighted by Gasteiger charge is -2.13. The molecule has 0 saturated heterocycles. The van der Waals surface area contributed by atoms with Crippen molar-refractivity contribution >= 4 is 5.91 Å². The maximum Gasteiger partial charge on any atom is 0.237 e. The average Bonchev–Trinajstić information content (AvgIpc) is 2.38. The molecule has 0 heterocycles. The largest absolute Gasteiger partial charge is 0.494 e. The molecule has 18 heavy (non-hydrogen) atoms. The minimum Gasteiger partial charge on any atom is -0.494 e. The van der Waals surface area contributed by atoms with Crippen molar-refractivity contribution in [2.75, 3.05) is 6.61 Å². The molecular weight excluding hydrogens is 228 g/mol. The molecule has 1 atom stereocenters. The molecule has 1 aromatic carbocycles. The highest BCUT2D eigenvalue weighted by Gasteiger charge is 2.12. The van der Waals surface area contributed by atoms with E-state index < -0.39 is 6.04 Å². The van der Waals surface area contributed by atoms with Crippen LogP contribution in [0.15, 0.2) is 24.3 Å². The molecule has 0 aliphatic heterocycles. The van der Waals surface area contributed by atoms with Gasteiger partial charge in [-0.15, -0.1) is 0 Å². The molecule has 0 saturated carbocycles. The molecule has 3 N–H and O–H groups in total. The van der Waals surface area contributed by atoms with Crippen molar-refractivity contribution in [3.8, 4) is 5.75 Å². The van der Waals surface area contributed by atoms with Crippen LogP contribution >= 0.6 is 0 Å². The van der Waals surface area contributed by atoms with Crippen LogP contribution in [0.1, 0.15) is 32.3 Å².